The van der Waals surface area contributed by atoms with Gasteiger partial charge < -0.3 is 15.0 Å². The van der Waals surface area contributed by atoms with E-state index in [-0.39, 0.29) is 22.9 Å². The Kier molecular flexibility index (Phi) is 8.85. The molecule has 30 heavy (non-hydrogen) atoms. The molecular weight excluding hydrogens is 382 g/mol. The Balaban J connectivity index is 1.64. The molecule has 0 aliphatic carbocycles. The molecule has 1 unspecified atom stereocenters. The van der Waals surface area contributed by atoms with Crippen LogP contribution in [-0.4, -0.2) is 42.0 Å². The van der Waals surface area contributed by atoms with E-state index in [0.717, 1.165) is 51.4 Å². The highest BCUT2D eigenvalue weighted by molar-refractivity contribution is 5.69. The van der Waals surface area contributed by atoms with E-state index >= 15 is 0 Å². The first-order valence-electron chi connectivity index (χ1n) is 11.2. The molecule has 8 heteroatoms. The number of nitrogens with zero attached hydrogens (tertiary/aromatic N) is 4. The highest BCUT2D eigenvalue weighted by atomic mass is 16.3. The Hall–Kier alpha value is -1.93. The molecule has 0 saturated carbocycles. The number of β-amino-alcohol motifs (C(OH)–C–C–N with tert-alkyl or cyclic N) is 1. The number of nitrogens with one attached hydrogen (secondary N) is 1. The smallest absolute Gasteiger partial charge is 0.332 e. The van der Waals surface area contributed by atoms with Gasteiger partial charge in [-0.15, -0.1) is 0 Å². The van der Waals surface area contributed by atoms with E-state index in [1.54, 1.807) is 25.0 Å². The molecule has 0 bridgehead atoms. The van der Waals surface area contributed by atoms with Crippen LogP contribution in [0.2, 0.25) is 0 Å². The zero-order valence-electron chi connectivity index (χ0n) is 19.3. The van der Waals surface area contributed by atoms with Crippen molar-refractivity contribution in [2.75, 3.05) is 6.54 Å². The molecule has 2 heterocycles. The predicted octanol–water partition coefficient (Wildman–Crippen LogP) is 2.30. The lowest BCUT2D eigenvalue weighted by Gasteiger charge is -2.22. The maximum atomic E-state index is 12.6. The Labute approximate surface area is 178 Å². The summed E-state index contributed by atoms with van der Waals surface area (Å²) in [6, 6.07) is 0. The molecule has 0 radical (unpaired) electrons. The standard InChI is InChI=1S/C22H39N5O3/c1-22(2,3)24-15-17(28)13-11-9-7-6-8-10-12-14-27-20(29)18-19(23-16-25(18)4)26(5)21(27)30/h16-17,24,28H,6-15H2,1-5H3. The van der Waals surface area contributed by atoms with E-state index in [4.69, 9.17) is 0 Å². The Morgan fingerprint density at radius 3 is 2.27 bits per heavy atom. The Bertz CT molecular complexity index is 920. The summed E-state index contributed by atoms with van der Waals surface area (Å²) >= 11 is 0. The van der Waals surface area contributed by atoms with Crippen molar-refractivity contribution >= 4 is 11.2 Å². The summed E-state index contributed by atoms with van der Waals surface area (Å²) in [5.74, 6) is 0. The third-order valence-electron chi connectivity index (χ3n) is 5.49. The number of fused-ring (bicyclic) bond motifs is 1. The van der Waals surface area contributed by atoms with Gasteiger partial charge in [0.15, 0.2) is 11.2 Å². The van der Waals surface area contributed by atoms with Crippen molar-refractivity contribution in [3.8, 4) is 0 Å². The lowest BCUT2D eigenvalue weighted by Crippen LogP contribution is -2.40. The lowest BCUT2D eigenvalue weighted by molar-refractivity contribution is 0.148. The van der Waals surface area contributed by atoms with E-state index in [9.17, 15) is 14.7 Å². The molecule has 170 valence electrons. The summed E-state index contributed by atoms with van der Waals surface area (Å²) in [7, 11) is 3.43. The molecule has 2 aromatic rings. The molecule has 0 fully saturated rings. The summed E-state index contributed by atoms with van der Waals surface area (Å²) in [5.41, 5.74) is 0.387. The molecular formula is C22H39N5O3. The highest BCUT2D eigenvalue weighted by Gasteiger charge is 2.14. The minimum absolute atomic E-state index is 0.0415. The van der Waals surface area contributed by atoms with Crippen LogP contribution < -0.4 is 16.6 Å². The fourth-order valence-electron chi connectivity index (χ4n) is 3.65. The second-order valence-electron chi connectivity index (χ2n) is 9.37. The molecule has 0 aliphatic rings. The first-order valence-corrected chi connectivity index (χ1v) is 11.2. The maximum Gasteiger partial charge on any atom is 0.332 e. The number of unbranched alkanes of at least 4 members (excludes halogenated alkanes) is 6. The summed E-state index contributed by atoms with van der Waals surface area (Å²) < 4.78 is 4.45. The molecule has 0 aromatic carbocycles. The van der Waals surface area contributed by atoms with Gasteiger partial charge in [-0.25, -0.2) is 9.78 Å². The minimum atomic E-state index is -0.300. The van der Waals surface area contributed by atoms with Crippen molar-refractivity contribution < 1.29 is 5.11 Å². The van der Waals surface area contributed by atoms with Crippen molar-refractivity contribution in [3.05, 3.63) is 27.2 Å². The quantitative estimate of drug-likeness (QED) is 0.513. The second-order valence-corrected chi connectivity index (χ2v) is 9.37. The van der Waals surface area contributed by atoms with E-state index < -0.39 is 0 Å². The van der Waals surface area contributed by atoms with E-state index in [0.29, 0.717) is 24.3 Å². The summed E-state index contributed by atoms with van der Waals surface area (Å²) in [5, 5.41) is 13.3. The van der Waals surface area contributed by atoms with Crippen molar-refractivity contribution in [1.82, 2.24) is 24.0 Å². The second kappa shape index (κ2) is 10.9. The lowest BCUT2D eigenvalue weighted by atomic mass is 10.0. The van der Waals surface area contributed by atoms with Crippen molar-refractivity contribution in [1.29, 1.82) is 0 Å². The molecule has 0 aliphatic heterocycles. The summed E-state index contributed by atoms with van der Waals surface area (Å²) in [6.07, 6.45) is 9.51. The molecule has 2 rings (SSSR count). The van der Waals surface area contributed by atoms with Crippen molar-refractivity contribution in [2.45, 2.75) is 90.3 Å². The Morgan fingerprint density at radius 2 is 1.63 bits per heavy atom. The first-order chi connectivity index (χ1) is 14.1. The van der Waals surface area contributed by atoms with E-state index in [2.05, 4.69) is 31.1 Å². The van der Waals surface area contributed by atoms with Gasteiger partial charge in [-0.2, -0.15) is 0 Å². The van der Waals surface area contributed by atoms with Crippen LogP contribution in [0.1, 0.15) is 72.1 Å². The topological polar surface area (TPSA) is 94.1 Å². The van der Waals surface area contributed by atoms with Gasteiger partial charge >= 0.3 is 5.69 Å². The van der Waals surface area contributed by atoms with Crippen LogP contribution in [0.4, 0.5) is 0 Å². The van der Waals surface area contributed by atoms with Crippen molar-refractivity contribution in [3.63, 3.8) is 0 Å². The number of rotatable bonds is 12. The van der Waals surface area contributed by atoms with Gasteiger partial charge in [-0.3, -0.25) is 13.9 Å². The third-order valence-corrected chi connectivity index (χ3v) is 5.49. The molecule has 8 nitrogen and oxygen atoms in total. The van der Waals surface area contributed by atoms with Crippen molar-refractivity contribution in [2.24, 2.45) is 14.1 Å². The normalized spacial score (nSPS) is 13.3. The number of hydrogen-bond donors (Lipinski definition) is 2. The van der Waals surface area contributed by atoms with Crippen LogP contribution in [-0.2, 0) is 20.6 Å². The van der Waals surface area contributed by atoms with Crippen LogP contribution in [0, 0.1) is 0 Å². The highest BCUT2D eigenvalue weighted by Crippen LogP contribution is 2.11. The maximum absolute atomic E-state index is 12.6. The largest absolute Gasteiger partial charge is 0.392 e. The summed E-state index contributed by atoms with van der Waals surface area (Å²) in [6.45, 7) is 7.40. The number of aliphatic hydroxyl groups is 1. The molecule has 0 amide bonds. The molecule has 0 saturated heterocycles. The average molecular weight is 422 g/mol. The summed E-state index contributed by atoms with van der Waals surface area (Å²) in [4.78, 5) is 29.3. The van der Waals surface area contributed by atoms with Gasteiger partial charge in [0.2, 0.25) is 0 Å². The third kappa shape index (κ3) is 6.80. The van der Waals surface area contributed by atoms with Gasteiger partial charge in [0.1, 0.15) is 0 Å². The van der Waals surface area contributed by atoms with Crippen LogP contribution >= 0.6 is 0 Å². The zero-order valence-corrected chi connectivity index (χ0v) is 19.3. The fraction of sp³-hybridized carbons (Fsp3) is 0.773. The Morgan fingerprint density at radius 1 is 1.03 bits per heavy atom. The minimum Gasteiger partial charge on any atom is -0.392 e. The van der Waals surface area contributed by atoms with Crippen LogP contribution in [0.15, 0.2) is 15.9 Å². The van der Waals surface area contributed by atoms with Gasteiger partial charge in [-0.1, -0.05) is 38.5 Å². The number of aryl methyl sites for hydroxylation is 2. The average Bonchev–Trinajstić information content (AvgIpc) is 3.07. The monoisotopic (exact) mass is 421 g/mol. The van der Waals surface area contributed by atoms with E-state index in [1.807, 2.05) is 0 Å². The number of hydrogen-bond acceptors (Lipinski definition) is 5. The molecule has 1 atom stereocenters. The van der Waals surface area contributed by atoms with Crippen LogP contribution in [0.25, 0.3) is 11.2 Å². The molecule has 0 spiro atoms. The number of imidazole rings is 1. The van der Waals surface area contributed by atoms with Gasteiger partial charge in [0.25, 0.3) is 5.56 Å². The van der Waals surface area contributed by atoms with E-state index in [1.165, 1.54) is 9.13 Å². The van der Waals surface area contributed by atoms with Crippen LogP contribution in [0.3, 0.4) is 0 Å². The number of aliphatic hydroxyl groups excluding tert-OH is 1. The predicted molar refractivity (Wildman–Crippen MR) is 121 cm³/mol. The first kappa shape index (κ1) is 24.3. The SMILES string of the molecule is Cn1cnc2c1c(=O)n(CCCCCCCCCC(O)CNC(C)(C)C)c(=O)n2C. The number of aromatic nitrogens is 4. The molecule has 2 aromatic heterocycles. The fourth-order valence-corrected chi connectivity index (χ4v) is 3.65. The van der Waals surface area contributed by atoms with Crippen LogP contribution in [0.5, 0.6) is 0 Å². The zero-order chi connectivity index (χ0) is 22.3. The molecule has 2 N–H and O–H groups in total. The van der Waals surface area contributed by atoms with Gasteiger partial charge in [0, 0.05) is 32.7 Å². The van der Waals surface area contributed by atoms with Gasteiger partial charge in [-0.05, 0) is 33.6 Å². The van der Waals surface area contributed by atoms with Gasteiger partial charge in [0.05, 0.1) is 12.4 Å².